The Balaban J connectivity index is 0. The minimum Gasteiger partial charge on any atom is -0.870 e. The predicted octanol–water partition coefficient (Wildman–Crippen LogP) is -3.22. The Labute approximate surface area is 192 Å². The van der Waals surface area contributed by atoms with Gasteiger partial charge in [-0.15, -0.1) is 0 Å². The maximum atomic E-state index is 0. The Bertz CT molecular complexity index is 34.1. The van der Waals surface area contributed by atoms with Gasteiger partial charge in [-0.2, -0.15) is 0 Å². The molecule has 0 aromatic rings. The first kappa shape index (κ1) is 1980. The van der Waals surface area contributed by atoms with Crippen LogP contribution in [0, 0.1) is 0 Å². The molecule has 0 bridgehead atoms. The van der Waals surface area contributed by atoms with E-state index < -0.39 is 0 Å². The van der Waals surface area contributed by atoms with E-state index in [1.165, 1.54) is 0 Å². The Morgan fingerprint density at radius 1 is 0.318 bits per heavy atom. The Morgan fingerprint density at radius 3 is 0.318 bits per heavy atom. The van der Waals surface area contributed by atoms with Crippen LogP contribution in [-0.2, 0) is 88.7 Å². The first-order valence-electron chi connectivity index (χ1n) is 0. The largest absolute Gasteiger partial charge is 5.00 e. The van der Waals surface area contributed by atoms with E-state index in [1.54, 1.807) is 0 Å². The fourth-order valence-corrected chi connectivity index (χ4v) is 0. The van der Waals surface area contributed by atoms with Crippen LogP contribution in [0.1, 0.15) is 0 Å². The van der Waals surface area contributed by atoms with Gasteiger partial charge < -0.3 is 87.6 Å². The number of hydrogen-bond acceptors (Lipinski definition) is 16. The Morgan fingerprint density at radius 2 is 0.318 bits per heavy atom. The molecule has 16 nitrogen and oxygen atoms in total. The maximum absolute atomic E-state index is 0. The van der Waals surface area contributed by atoms with Crippen molar-refractivity contribution in [2.45, 2.75) is 0 Å². The smallest absolute Gasteiger partial charge is 0.870 e. The zero-order valence-corrected chi connectivity index (χ0v) is 18.5. The van der Waals surface area contributed by atoms with E-state index in [0.29, 0.717) is 0 Å². The molecular formula is H16AlCuMnNiO16VZn. The summed E-state index contributed by atoms with van der Waals surface area (Å²) in [6.07, 6.45) is 0. The van der Waals surface area contributed by atoms with Gasteiger partial charge in [0.2, 0.25) is 0 Å². The van der Waals surface area contributed by atoms with E-state index in [-0.39, 0.29) is 194 Å². The molecule has 0 saturated heterocycles. The predicted molar refractivity (Wildman–Crippen MR) is 36.7 cm³/mol. The molecule has 0 spiro atoms. The number of hydrogen-bond donors (Lipinski definition) is 0. The van der Waals surface area contributed by atoms with E-state index in [4.69, 9.17) is 0 Å². The molecule has 0 aliphatic rings. The molecule has 0 aromatic heterocycles. The van der Waals surface area contributed by atoms with Crippen LogP contribution in [-0.4, -0.2) is 105 Å². The first-order valence-corrected chi connectivity index (χ1v) is 0. The van der Waals surface area contributed by atoms with Gasteiger partial charge in [0.15, 0.2) is 0 Å². The van der Waals surface area contributed by atoms with E-state index in [1.807, 2.05) is 0 Å². The second-order valence-electron chi connectivity index (χ2n) is 0. The standard InChI is InChI=1S/Al.Cu.Mn.Ni.16H2O.V.Zn/h;;;;16*1H2;;/q+3;3*+2;;;;;;;;;;;;;;;;;+5;+2/p-16. The molecular weight excluding hydrogens is 576 g/mol. The van der Waals surface area contributed by atoms with Crippen molar-refractivity contribution in [1.82, 2.24) is 0 Å². The Kier molecular flexibility index (Phi) is 158000. The fourth-order valence-electron chi connectivity index (χ4n) is 0. The molecule has 0 fully saturated rings. The van der Waals surface area contributed by atoms with Gasteiger partial charge in [-0.1, -0.05) is 0 Å². The van der Waals surface area contributed by atoms with Crippen LogP contribution < -0.4 is 0 Å². The summed E-state index contributed by atoms with van der Waals surface area (Å²) in [6, 6.07) is 0. The average molecular weight is 593 g/mol. The molecule has 150 valence electrons. The summed E-state index contributed by atoms with van der Waals surface area (Å²) in [7, 11) is 0. The summed E-state index contributed by atoms with van der Waals surface area (Å²) in [6.45, 7) is 0. The third-order valence-electron chi connectivity index (χ3n) is 0. The summed E-state index contributed by atoms with van der Waals surface area (Å²) < 4.78 is 0. The van der Waals surface area contributed by atoms with Crippen LogP contribution in [0.15, 0.2) is 0 Å². The van der Waals surface area contributed by atoms with E-state index in [2.05, 4.69) is 0 Å². The zero-order valence-electron chi connectivity index (χ0n) is 9.88. The fraction of sp³-hybridized carbons (Fsp3) is 0. The third-order valence-corrected chi connectivity index (χ3v) is 0. The molecule has 0 heterocycles. The summed E-state index contributed by atoms with van der Waals surface area (Å²) in [5, 5.41) is 0. The monoisotopic (exact) mass is 590 g/mol. The van der Waals surface area contributed by atoms with Crippen molar-refractivity contribution >= 4 is 17.4 Å². The maximum Gasteiger partial charge on any atom is 5.00 e. The summed E-state index contributed by atoms with van der Waals surface area (Å²) in [5.41, 5.74) is 0. The summed E-state index contributed by atoms with van der Waals surface area (Å²) in [5.74, 6) is 0. The Hall–Kier alpha value is 2.63. The molecule has 22 heavy (non-hydrogen) atoms. The topological polar surface area (TPSA) is 480 Å². The van der Waals surface area contributed by atoms with E-state index in [9.17, 15) is 0 Å². The minimum atomic E-state index is 0. The van der Waals surface area contributed by atoms with Crippen molar-refractivity contribution in [3.05, 3.63) is 0 Å². The quantitative estimate of drug-likeness (QED) is 0.249. The van der Waals surface area contributed by atoms with Gasteiger partial charge >= 0.3 is 106 Å². The number of rotatable bonds is 0. The van der Waals surface area contributed by atoms with Crippen LogP contribution in [0.3, 0.4) is 0 Å². The van der Waals surface area contributed by atoms with Crippen LogP contribution in [0.2, 0.25) is 0 Å². The van der Waals surface area contributed by atoms with Gasteiger partial charge in [0, 0.05) is 0 Å². The molecule has 0 saturated carbocycles. The van der Waals surface area contributed by atoms with Gasteiger partial charge in [0.05, 0.1) is 0 Å². The summed E-state index contributed by atoms with van der Waals surface area (Å²) >= 11 is 0. The van der Waals surface area contributed by atoms with Crippen molar-refractivity contribution in [3.63, 3.8) is 0 Å². The SMILES string of the molecule is [Al+3].[Cu+2].[Mn+2].[Ni+2].[OH-].[OH-].[OH-].[OH-].[OH-].[OH-].[OH-].[OH-].[OH-].[OH-].[OH-].[OH-].[OH-].[OH-].[OH-].[OH-].[V+5].[Zn+2]. The molecule has 2 radical (unpaired) electrons. The van der Waals surface area contributed by atoms with Crippen molar-refractivity contribution in [3.8, 4) is 0 Å². The zero-order chi connectivity index (χ0) is 0. The van der Waals surface area contributed by atoms with Crippen molar-refractivity contribution in [2.75, 3.05) is 0 Å². The molecule has 16 N–H and O–H groups in total. The molecule has 0 aliphatic heterocycles. The molecule has 0 aliphatic carbocycles. The molecule has 0 aromatic carbocycles. The second kappa shape index (κ2) is 1750. The molecule has 0 atom stereocenters. The first-order chi connectivity index (χ1) is 0. The van der Waals surface area contributed by atoms with Crippen molar-refractivity contribution < 1.29 is 176 Å². The average Bonchev–Trinajstić information content (AvgIpc) is 0. The van der Waals surface area contributed by atoms with Gasteiger partial charge in [-0.25, -0.2) is 0 Å². The molecule has 0 rings (SSSR count). The van der Waals surface area contributed by atoms with Crippen LogP contribution >= 0.6 is 0 Å². The summed E-state index contributed by atoms with van der Waals surface area (Å²) in [4.78, 5) is 0. The van der Waals surface area contributed by atoms with Gasteiger partial charge in [0.25, 0.3) is 0 Å². The van der Waals surface area contributed by atoms with Crippen LogP contribution in [0.25, 0.3) is 0 Å². The van der Waals surface area contributed by atoms with E-state index in [0.717, 1.165) is 0 Å². The van der Waals surface area contributed by atoms with Gasteiger partial charge in [-0.3, -0.25) is 0 Å². The second-order valence-corrected chi connectivity index (χ2v) is 0. The van der Waals surface area contributed by atoms with Gasteiger partial charge in [0.1, 0.15) is 0 Å². The molecule has 0 amide bonds. The van der Waals surface area contributed by atoms with Crippen LogP contribution in [0.4, 0.5) is 0 Å². The van der Waals surface area contributed by atoms with E-state index >= 15 is 0 Å². The minimum absolute atomic E-state index is 0. The molecule has 0 unspecified atom stereocenters. The van der Waals surface area contributed by atoms with Crippen LogP contribution in [0.5, 0.6) is 0 Å². The van der Waals surface area contributed by atoms with Gasteiger partial charge in [-0.05, 0) is 0 Å². The third kappa shape index (κ3) is 1530. The normalized spacial score (nSPS) is 0. The molecule has 22 heteroatoms. The van der Waals surface area contributed by atoms with Crippen molar-refractivity contribution in [2.24, 2.45) is 0 Å². The van der Waals surface area contributed by atoms with Crippen molar-refractivity contribution in [1.29, 1.82) is 0 Å².